The molecule has 35 heavy (non-hydrogen) atoms. The molecule has 2 saturated heterocycles. The Morgan fingerprint density at radius 3 is 2.86 bits per heavy atom. The largest absolute Gasteiger partial charge is 0.381 e. The summed E-state index contributed by atoms with van der Waals surface area (Å²) in [6.07, 6.45) is 3.99. The van der Waals surface area contributed by atoms with Crippen molar-refractivity contribution in [3.05, 3.63) is 47.7 Å². The van der Waals surface area contributed by atoms with Gasteiger partial charge in [0.05, 0.1) is 48.2 Å². The first-order valence-electron chi connectivity index (χ1n) is 12.4. The number of ether oxygens (including phenoxy) is 3. The first-order chi connectivity index (χ1) is 17.0. The average Bonchev–Trinajstić information content (AvgIpc) is 3.05. The number of nitriles is 1. The summed E-state index contributed by atoms with van der Waals surface area (Å²) in [6, 6.07) is 12.3. The van der Waals surface area contributed by atoms with Gasteiger partial charge < -0.3 is 24.4 Å². The van der Waals surface area contributed by atoms with E-state index in [0.29, 0.717) is 45.6 Å². The van der Waals surface area contributed by atoms with Crippen LogP contribution in [0.15, 0.2) is 36.5 Å². The lowest BCUT2D eigenvalue weighted by atomic mass is 9.75. The molecule has 8 nitrogen and oxygen atoms in total. The SMILES string of the molecule is CC(C)O[C@H]1CC[C@H](C(=O)N2Cc3cccnc3Nc3ccc(C4(C#N)CCOCC4)cc32)OC1.[HH]. The predicted octanol–water partition coefficient (Wildman–Crippen LogP) is 4.46. The van der Waals surface area contributed by atoms with Crippen LogP contribution < -0.4 is 10.2 Å². The number of anilines is 3. The standard InChI is InChI=1S/C27H32N4O4.H2/c1-18(2)35-21-6-8-24(34-16-21)26(32)31-15-19-4-3-11-29-25(19)30-22-7-5-20(14-23(22)31)27(17-28)9-12-33-13-10-27;/h3-5,7,11,14,18,21,24H,6,8-10,12-13,15-16H2,1-2H3,(H,29,30);1H/t21-,24+;/m0./s1. The smallest absolute Gasteiger partial charge is 0.256 e. The van der Waals surface area contributed by atoms with Crippen molar-refractivity contribution < 1.29 is 20.4 Å². The Labute approximate surface area is 207 Å². The maximum absolute atomic E-state index is 13.9. The van der Waals surface area contributed by atoms with E-state index in [2.05, 4.69) is 16.4 Å². The van der Waals surface area contributed by atoms with Crippen LogP contribution in [0.25, 0.3) is 0 Å². The summed E-state index contributed by atoms with van der Waals surface area (Å²) in [4.78, 5) is 20.2. The van der Waals surface area contributed by atoms with Gasteiger partial charge in [0.1, 0.15) is 11.9 Å². The second-order valence-electron chi connectivity index (χ2n) is 9.80. The molecule has 0 radical (unpaired) electrons. The molecule has 2 aromatic rings. The molecule has 2 atom stereocenters. The number of amides is 1. The van der Waals surface area contributed by atoms with E-state index in [0.717, 1.165) is 34.7 Å². The van der Waals surface area contributed by atoms with Gasteiger partial charge in [0.2, 0.25) is 0 Å². The summed E-state index contributed by atoms with van der Waals surface area (Å²) in [7, 11) is 0. The van der Waals surface area contributed by atoms with Crippen molar-refractivity contribution in [1.29, 1.82) is 5.26 Å². The summed E-state index contributed by atoms with van der Waals surface area (Å²) in [6.45, 7) is 5.90. The molecule has 3 aliphatic heterocycles. The molecule has 0 bridgehead atoms. The monoisotopic (exact) mass is 478 g/mol. The maximum Gasteiger partial charge on any atom is 0.256 e. The van der Waals surface area contributed by atoms with Crippen LogP contribution in [-0.2, 0) is 31.0 Å². The number of aromatic nitrogens is 1. The quantitative estimate of drug-likeness (QED) is 0.693. The minimum absolute atomic E-state index is 0. The number of carbonyl (C=O) groups is 1. The molecule has 4 heterocycles. The van der Waals surface area contributed by atoms with E-state index in [1.54, 1.807) is 11.1 Å². The lowest BCUT2D eigenvalue weighted by molar-refractivity contribution is -0.143. The van der Waals surface area contributed by atoms with Gasteiger partial charge in [-0.3, -0.25) is 4.79 Å². The highest BCUT2D eigenvalue weighted by Crippen LogP contribution is 2.41. The van der Waals surface area contributed by atoms with Gasteiger partial charge in [-0.15, -0.1) is 0 Å². The number of nitrogens with zero attached hydrogens (tertiary/aromatic N) is 3. The minimum Gasteiger partial charge on any atom is -0.381 e. The molecule has 1 amide bonds. The zero-order valence-electron chi connectivity index (χ0n) is 20.3. The van der Waals surface area contributed by atoms with E-state index in [9.17, 15) is 10.1 Å². The van der Waals surface area contributed by atoms with Crippen molar-refractivity contribution in [3.63, 3.8) is 0 Å². The number of fused-ring (bicyclic) bond motifs is 2. The number of hydrogen-bond donors (Lipinski definition) is 1. The lowest BCUT2D eigenvalue weighted by Gasteiger charge is -2.34. The lowest BCUT2D eigenvalue weighted by Crippen LogP contribution is -2.44. The van der Waals surface area contributed by atoms with Gasteiger partial charge >= 0.3 is 0 Å². The molecule has 0 unspecified atom stereocenters. The van der Waals surface area contributed by atoms with Crippen molar-refractivity contribution in [2.24, 2.45) is 0 Å². The first-order valence-corrected chi connectivity index (χ1v) is 12.4. The Bertz CT molecular complexity index is 1120. The molecular formula is C27H34N4O4. The number of nitrogens with one attached hydrogen (secondary N) is 1. The summed E-state index contributed by atoms with van der Waals surface area (Å²) >= 11 is 0. The van der Waals surface area contributed by atoms with Crippen LogP contribution in [0, 0.1) is 11.3 Å². The number of carbonyl (C=O) groups excluding carboxylic acids is 1. The summed E-state index contributed by atoms with van der Waals surface area (Å²) in [5.41, 5.74) is 2.75. The molecule has 3 aliphatic rings. The average molecular weight is 479 g/mol. The van der Waals surface area contributed by atoms with Gasteiger partial charge in [0.25, 0.3) is 5.91 Å². The normalized spacial score (nSPS) is 23.4. The minimum atomic E-state index is -0.623. The topological polar surface area (TPSA) is 96.7 Å². The second-order valence-corrected chi connectivity index (χ2v) is 9.80. The van der Waals surface area contributed by atoms with Gasteiger partial charge in [-0.05, 0) is 63.3 Å². The molecule has 0 saturated carbocycles. The van der Waals surface area contributed by atoms with Gasteiger partial charge in [-0.25, -0.2) is 4.98 Å². The Morgan fingerprint density at radius 1 is 1.31 bits per heavy atom. The molecule has 8 heteroatoms. The zero-order valence-corrected chi connectivity index (χ0v) is 20.3. The third-order valence-electron chi connectivity index (χ3n) is 7.11. The highest BCUT2D eigenvalue weighted by molar-refractivity contribution is 6.01. The molecule has 0 aliphatic carbocycles. The number of rotatable bonds is 4. The highest BCUT2D eigenvalue weighted by Gasteiger charge is 2.38. The second kappa shape index (κ2) is 9.94. The molecule has 1 aromatic carbocycles. The Hall–Kier alpha value is -2.99. The Kier molecular flexibility index (Phi) is 6.74. The van der Waals surface area contributed by atoms with Crippen molar-refractivity contribution in [2.75, 3.05) is 30.0 Å². The van der Waals surface area contributed by atoms with Gasteiger partial charge in [-0.2, -0.15) is 5.26 Å². The summed E-state index contributed by atoms with van der Waals surface area (Å²) < 4.78 is 17.4. The van der Waals surface area contributed by atoms with E-state index in [1.807, 2.05) is 44.2 Å². The van der Waals surface area contributed by atoms with Crippen LogP contribution in [0.5, 0.6) is 0 Å². The first kappa shape index (κ1) is 23.7. The van der Waals surface area contributed by atoms with Crippen LogP contribution in [0.1, 0.15) is 52.1 Å². The zero-order chi connectivity index (χ0) is 24.4. The van der Waals surface area contributed by atoms with Crippen LogP contribution in [0.3, 0.4) is 0 Å². The van der Waals surface area contributed by atoms with E-state index < -0.39 is 11.5 Å². The fourth-order valence-electron chi connectivity index (χ4n) is 5.19. The van der Waals surface area contributed by atoms with Crippen molar-refractivity contribution >= 4 is 23.1 Å². The van der Waals surface area contributed by atoms with E-state index >= 15 is 0 Å². The molecular weight excluding hydrogens is 444 g/mol. The third-order valence-corrected chi connectivity index (χ3v) is 7.11. The number of pyridine rings is 1. The van der Waals surface area contributed by atoms with Crippen molar-refractivity contribution in [1.82, 2.24) is 4.98 Å². The van der Waals surface area contributed by atoms with Gasteiger partial charge in [-0.1, -0.05) is 12.1 Å². The fourth-order valence-corrected chi connectivity index (χ4v) is 5.19. The van der Waals surface area contributed by atoms with Crippen molar-refractivity contribution in [2.45, 2.75) is 69.8 Å². The molecule has 186 valence electrons. The van der Waals surface area contributed by atoms with Gasteiger partial charge in [0, 0.05) is 26.4 Å². The predicted molar refractivity (Wildman–Crippen MR) is 134 cm³/mol. The summed E-state index contributed by atoms with van der Waals surface area (Å²) in [5, 5.41) is 13.5. The molecule has 1 aromatic heterocycles. The van der Waals surface area contributed by atoms with E-state index in [1.165, 1.54) is 0 Å². The Balaban J connectivity index is 0.00000304. The fraction of sp³-hybridized carbons (Fsp3) is 0.519. The molecule has 5 rings (SSSR count). The van der Waals surface area contributed by atoms with E-state index in [-0.39, 0.29) is 19.5 Å². The molecule has 2 fully saturated rings. The highest BCUT2D eigenvalue weighted by atomic mass is 16.5. The molecule has 0 spiro atoms. The van der Waals surface area contributed by atoms with Crippen LogP contribution in [-0.4, -0.2) is 49.0 Å². The molecule has 1 N–H and O–H groups in total. The number of benzene rings is 1. The summed E-state index contributed by atoms with van der Waals surface area (Å²) in [5.74, 6) is 0.649. The van der Waals surface area contributed by atoms with Crippen LogP contribution >= 0.6 is 0 Å². The third kappa shape index (κ3) is 4.76. The van der Waals surface area contributed by atoms with Crippen LogP contribution in [0.2, 0.25) is 0 Å². The number of hydrogen-bond acceptors (Lipinski definition) is 7. The van der Waals surface area contributed by atoms with Crippen molar-refractivity contribution in [3.8, 4) is 6.07 Å². The van der Waals surface area contributed by atoms with Crippen LogP contribution in [0.4, 0.5) is 17.2 Å². The van der Waals surface area contributed by atoms with Gasteiger partial charge in [0.15, 0.2) is 0 Å². The maximum atomic E-state index is 13.9. The Morgan fingerprint density at radius 2 is 2.14 bits per heavy atom. The van der Waals surface area contributed by atoms with E-state index in [4.69, 9.17) is 14.2 Å².